The van der Waals surface area contributed by atoms with Crippen molar-refractivity contribution < 1.29 is 13.2 Å². The van der Waals surface area contributed by atoms with Gasteiger partial charge in [0.25, 0.3) is 5.91 Å². The van der Waals surface area contributed by atoms with E-state index in [0.717, 1.165) is 5.69 Å². The van der Waals surface area contributed by atoms with Crippen LogP contribution in [0.2, 0.25) is 0 Å². The molecule has 0 bridgehead atoms. The molecule has 2 rings (SSSR count). The Bertz CT molecular complexity index is 826. The number of nitrogens with one attached hydrogen (secondary N) is 1. The van der Waals surface area contributed by atoms with Crippen LogP contribution in [0, 0.1) is 0 Å². The molecule has 0 spiro atoms. The van der Waals surface area contributed by atoms with E-state index in [1.807, 2.05) is 24.3 Å². The molecule has 0 saturated heterocycles. The quantitative estimate of drug-likeness (QED) is 0.851. The van der Waals surface area contributed by atoms with E-state index in [1.54, 1.807) is 31.2 Å². The molecule has 2 aromatic rings. The van der Waals surface area contributed by atoms with E-state index < -0.39 is 10.0 Å². The molecule has 6 heteroatoms. The molecule has 0 heterocycles. The molecule has 2 aromatic carbocycles. The predicted molar refractivity (Wildman–Crippen MR) is 103 cm³/mol. The standard InChI is InChI=1S/C19H24N2O3S/c1-5-25(23,24)21(4)18-12-8-16(9-13-18)19(22)20-17-10-6-15(7-11-17)14(2)3/h6-14H,5H2,1-4H3,(H,20,22). The second-order valence-corrected chi connectivity index (χ2v) is 8.43. The van der Waals surface area contributed by atoms with Gasteiger partial charge in [-0.05, 0) is 54.8 Å². The van der Waals surface area contributed by atoms with E-state index in [2.05, 4.69) is 19.2 Å². The molecule has 0 aliphatic rings. The van der Waals surface area contributed by atoms with Crippen LogP contribution in [0.15, 0.2) is 48.5 Å². The van der Waals surface area contributed by atoms with Crippen LogP contribution in [0.25, 0.3) is 0 Å². The van der Waals surface area contributed by atoms with Crippen molar-refractivity contribution in [3.8, 4) is 0 Å². The minimum atomic E-state index is -3.31. The number of sulfonamides is 1. The number of hydrogen-bond donors (Lipinski definition) is 1. The number of carbonyl (C=O) groups excluding carboxylic acids is 1. The van der Waals surface area contributed by atoms with E-state index in [4.69, 9.17) is 0 Å². The number of carbonyl (C=O) groups is 1. The Morgan fingerprint density at radius 2 is 1.60 bits per heavy atom. The zero-order valence-electron chi connectivity index (χ0n) is 15.0. The minimum Gasteiger partial charge on any atom is -0.322 e. The number of benzene rings is 2. The van der Waals surface area contributed by atoms with Crippen LogP contribution in [0.1, 0.15) is 42.6 Å². The van der Waals surface area contributed by atoms with Crippen LogP contribution in [-0.4, -0.2) is 27.1 Å². The van der Waals surface area contributed by atoms with Gasteiger partial charge in [-0.25, -0.2) is 8.42 Å². The fraction of sp³-hybridized carbons (Fsp3) is 0.316. The third-order valence-electron chi connectivity index (χ3n) is 4.11. The van der Waals surface area contributed by atoms with Gasteiger partial charge in [-0.2, -0.15) is 0 Å². The summed E-state index contributed by atoms with van der Waals surface area (Å²) in [5.74, 6) is 0.233. The molecule has 0 saturated carbocycles. The first-order chi connectivity index (χ1) is 11.7. The first-order valence-corrected chi connectivity index (χ1v) is 9.83. The average Bonchev–Trinajstić information content (AvgIpc) is 2.61. The lowest BCUT2D eigenvalue weighted by atomic mass is 10.0. The van der Waals surface area contributed by atoms with Crippen LogP contribution in [0.4, 0.5) is 11.4 Å². The number of hydrogen-bond acceptors (Lipinski definition) is 3. The van der Waals surface area contributed by atoms with Crippen LogP contribution < -0.4 is 9.62 Å². The van der Waals surface area contributed by atoms with Gasteiger partial charge in [0.2, 0.25) is 10.0 Å². The molecule has 25 heavy (non-hydrogen) atoms. The fourth-order valence-corrected chi connectivity index (χ4v) is 3.16. The van der Waals surface area contributed by atoms with E-state index in [9.17, 15) is 13.2 Å². The summed E-state index contributed by atoms with van der Waals surface area (Å²) in [5.41, 5.74) is 2.94. The summed E-state index contributed by atoms with van der Waals surface area (Å²) in [6.45, 7) is 5.83. The SMILES string of the molecule is CCS(=O)(=O)N(C)c1ccc(C(=O)Nc2ccc(C(C)C)cc2)cc1. The summed E-state index contributed by atoms with van der Waals surface area (Å²) in [5, 5.41) is 2.84. The van der Waals surface area contributed by atoms with Gasteiger partial charge < -0.3 is 5.32 Å². The van der Waals surface area contributed by atoms with Gasteiger partial charge in [0.1, 0.15) is 0 Å². The molecule has 1 amide bonds. The van der Waals surface area contributed by atoms with Gasteiger partial charge in [0.05, 0.1) is 11.4 Å². The number of rotatable bonds is 6. The van der Waals surface area contributed by atoms with Crippen molar-refractivity contribution in [1.82, 2.24) is 0 Å². The monoisotopic (exact) mass is 360 g/mol. The second kappa shape index (κ2) is 7.70. The summed E-state index contributed by atoms with van der Waals surface area (Å²) in [4.78, 5) is 12.3. The zero-order valence-corrected chi connectivity index (χ0v) is 15.8. The summed E-state index contributed by atoms with van der Waals surface area (Å²) >= 11 is 0. The summed E-state index contributed by atoms with van der Waals surface area (Å²) in [6.07, 6.45) is 0. The Morgan fingerprint density at radius 3 is 2.08 bits per heavy atom. The van der Waals surface area contributed by atoms with Gasteiger partial charge in [-0.1, -0.05) is 26.0 Å². The lowest BCUT2D eigenvalue weighted by Gasteiger charge is -2.18. The Morgan fingerprint density at radius 1 is 1.04 bits per heavy atom. The van der Waals surface area contributed by atoms with Gasteiger partial charge in [0.15, 0.2) is 0 Å². The van der Waals surface area contributed by atoms with Gasteiger partial charge >= 0.3 is 0 Å². The maximum Gasteiger partial charge on any atom is 0.255 e. The van der Waals surface area contributed by atoms with Crippen LogP contribution >= 0.6 is 0 Å². The number of amides is 1. The molecule has 0 unspecified atom stereocenters. The topological polar surface area (TPSA) is 66.5 Å². The highest BCUT2D eigenvalue weighted by Gasteiger charge is 2.16. The van der Waals surface area contributed by atoms with E-state index in [1.165, 1.54) is 16.9 Å². The highest BCUT2D eigenvalue weighted by Crippen LogP contribution is 2.20. The van der Waals surface area contributed by atoms with Crippen molar-refractivity contribution in [2.75, 3.05) is 22.4 Å². The molecule has 0 fully saturated rings. The predicted octanol–water partition coefficient (Wildman–Crippen LogP) is 3.85. The molecule has 0 aromatic heterocycles. The zero-order chi connectivity index (χ0) is 18.6. The average molecular weight is 360 g/mol. The van der Waals surface area contributed by atoms with Crippen molar-refractivity contribution >= 4 is 27.3 Å². The van der Waals surface area contributed by atoms with Crippen molar-refractivity contribution in [3.05, 3.63) is 59.7 Å². The van der Waals surface area contributed by atoms with Crippen LogP contribution in [0.5, 0.6) is 0 Å². The highest BCUT2D eigenvalue weighted by molar-refractivity contribution is 7.92. The number of anilines is 2. The third kappa shape index (κ3) is 4.60. The molecular weight excluding hydrogens is 336 g/mol. The minimum absolute atomic E-state index is 0.0259. The van der Waals surface area contributed by atoms with Gasteiger partial charge in [-0.3, -0.25) is 9.10 Å². The lowest BCUT2D eigenvalue weighted by Crippen LogP contribution is -2.28. The maximum atomic E-state index is 12.3. The molecule has 0 atom stereocenters. The molecule has 1 N–H and O–H groups in total. The van der Waals surface area contributed by atoms with Gasteiger partial charge in [0, 0.05) is 18.3 Å². The van der Waals surface area contributed by atoms with E-state index in [0.29, 0.717) is 17.2 Å². The Kier molecular flexibility index (Phi) is 5.85. The maximum absolute atomic E-state index is 12.3. The fourth-order valence-electron chi connectivity index (χ4n) is 2.33. The van der Waals surface area contributed by atoms with Crippen molar-refractivity contribution in [1.29, 1.82) is 0 Å². The molecule has 0 aliphatic carbocycles. The Balaban J connectivity index is 2.10. The lowest BCUT2D eigenvalue weighted by molar-refractivity contribution is 0.102. The van der Waals surface area contributed by atoms with E-state index in [-0.39, 0.29) is 11.7 Å². The first kappa shape index (κ1) is 19.0. The summed E-state index contributed by atoms with van der Waals surface area (Å²) < 4.78 is 25.0. The highest BCUT2D eigenvalue weighted by atomic mass is 32.2. The Hall–Kier alpha value is -2.34. The largest absolute Gasteiger partial charge is 0.322 e. The summed E-state index contributed by atoms with van der Waals surface area (Å²) in [7, 11) is -1.81. The molecule has 0 radical (unpaired) electrons. The molecule has 0 aliphatic heterocycles. The third-order valence-corrected chi connectivity index (χ3v) is 5.89. The van der Waals surface area contributed by atoms with E-state index >= 15 is 0 Å². The molecular formula is C19H24N2O3S. The smallest absolute Gasteiger partial charge is 0.255 e. The van der Waals surface area contributed by atoms with Crippen molar-refractivity contribution in [2.45, 2.75) is 26.7 Å². The van der Waals surface area contributed by atoms with Gasteiger partial charge in [-0.15, -0.1) is 0 Å². The van der Waals surface area contributed by atoms with Crippen molar-refractivity contribution in [3.63, 3.8) is 0 Å². The normalized spacial score (nSPS) is 11.4. The first-order valence-electron chi connectivity index (χ1n) is 8.22. The summed E-state index contributed by atoms with van der Waals surface area (Å²) in [6, 6.07) is 14.2. The van der Waals surface area contributed by atoms with Crippen LogP contribution in [-0.2, 0) is 10.0 Å². The molecule has 5 nitrogen and oxygen atoms in total. The Labute approximate surface area is 149 Å². The second-order valence-electron chi connectivity index (χ2n) is 6.15. The number of nitrogens with zero attached hydrogens (tertiary/aromatic N) is 1. The van der Waals surface area contributed by atoms with Crippen LogP contribution in [0.3, 0.4) is 0 Å². The van der Waals surface area contributed by atoms with Crippen molar-refractivity contribution in [2.24, 2.45) is 0 Å². The molecule has 134 valence electrons.